The first-order valence-electron chi connectivity index (χ1n) is 6.74. The minimum atomic E-state index is -0.205. The van der Waals surface area contributed by atoms with Crippen molar-refractivity contribution < 1.29 is 4.79 Å². The molecule has 0 bridgehead atoms. The van der Waals surface area contributed by atoms with Gasteiger partial charge in [-0.25, -0.2) is 19.6 Å². The predicted molar refractivity (Wildman–Crippen MR) is 79.3 cm³/mol. The van der Waals surface area contributed by atoms with E-state index in [0.29, 0.717) is 18.1 Å². The Morgan fingerprint density at radius 1 is 1.27 bits per heavy atom. The van der Waals surface area contributed by atoms with Crippen LogP contribution in [0.4, 0.5) is 0 Å². The number of pyridine rings is 2. The molecule has 3 rings (SSSR count). The normalized spacial score (nSPS) is 10.4. The third-order valence-corrected chi connectivity index (χ3v) is 3.04. The van der Waals surface area contributed by atoms with Gasteiger partial charge in [0.2, 0.25) is 0 Å². The van der Waals surface area contributed by atoms with Crippen LogP contribution in [0, 0.1) is 6.92 Å². The Morgan fingerprint density at radius 2 is 2.18 bits per heavy atom. The number of nitrogens with zero attached hydrogens (tertiary/aromatic N) is 5. The number of nitrogens with one attached hydrogen (secondary N) is 1. The van der Waals surface area contributed by atoms with Gasteiger partial charge in [-0.2, -0.15) is 5.10 Å². The van der Waals surface area contributed by atoms with E-state index in [2.05, 4.69) is 25.4 Å². The van der Waals surface area contributed by atoms with Gasteiger partial charge in [0.15, 0.2) is 5.82 Å². The van der Waals surface area contributed by atoms with E-state index in [1.54, 1.807) is 23.3 Å². The Kier molecular flexibility index (Phi) is 3.86. The molecule has 1 amide bonds. The quantitative estimate of drug-likeness (QED) is 0.783. The summed E-state index contributed by atoms with van der Waals surface area (Å²) in [6.07, 6.45) is 4.72. The van der Waals surface area contributed by atoms with Crippen molar-refractivity contribution in [2.45, 2.75) is 13.5 Å². The van der Waals surface area contributed by atoms with Crippen LogP contribution < -0.4 is 5.32 Å². The van der Waals surface area contributed by atoms with Crippen LogP contribution in [0.25, 0.3) is 5.82 Å². The largest absolute Gasteiger partial charge is 0.347 e. The monoisotopic (exact) mass is 294 g/mol. The van der Waals surface area contributed by atoms with Crippen molar-refractivity contribution in [2.24, 2.45) is 0 Å². The number of carbonyl (C=O) groups is 1. The zero-order chi connectivity index (χ0) is 15.4. The second-order valence-corrected chi connectivity index (χ2v) is 4.71. The maximum atomic E-state index is 12.0. The van der Waals surface area contributed by atoms with Gasteiger partial charge in [-0.1, -0.05) is 12.1 Å². The van der Waals surface area contributed by atoms with Gasteiger partial charge in [0.1, 0.15) is 18.3 Å². The molecule has 3 heterocycles. The van der Waals surface area contributed by atoms with E-state index >= 15 is 0 Å². The molecule has 0 saturated heterocycles. The Morgan fingerprint density at radius 3 is 2.86 bits per heavy atom. The summed E-state index contributed by atoms with van der Waals surface area (Å²) in [7, 11) is 0. The molecule has 7 nitrogen and oxygen atoms in total. The van der Waals surface area contributed by atoms with Gasteiger partial charge in [0.25, 0.3) is 5.91 Å². The maximum absolute atomic E-state index is 12.0. The minimum absolute atomic E-state index is 0.205. The Bertz CT molecular complexity index is 767. The number of rotatable bonds is 4. The molecule has 0 unspecified atom stereocenters. The molecular formula is C15H14N6O. The molecular weight excluding hydrogens is 280 g/mol. The highest BCUT2D eigenvalue weighted by Gasteiger charge is 2.07. The van der Waals surface area contributed by atoms with Crippen molar-refractivity contribution in [1.82, 2.24) is 30.0 Å². The Balaban J connectivity index is 1.63. The van der Waals surface area contributed by atoms with Gasteiger partial charge in [-0.05, 0) is 30.7 Å². The average molecular weight is 294 g/mol. The number of amides is 1. The molecule has 7 heteroatoms. The molecule has 0 spiro atoms. The highest BCUT2D eigenvalue weighted by atomic mass is 16.1. The summed E-state index contributed by atoms with van der Waals surface area (Å²) in [6, 6.07) is 9.05. The summed E-state index contributed by atoms with van der Waals surface area (Å²) in [5.41, 5.74) is 2.11. The van der Waals surface area contributed by atoms with Gasteiger partial charge >= 0.3 is 0 Å². The molecule has 0 radical (unpaired) electrons. The van der Waals surface area contributed by atoms with E-state index in [1.807, 2.05) is 31.2 Å². The first-order valence-corrected chi connectivity index (χ1v) is 6.74. The lowest BCUT2D eigenvalue weighted by Crippen LogP contribution is -2.24. The van der Waals surface area contributed by atoms with Crippen LogP contribution in [0.2, 0.25) is 0 Å². The van der Waals surface area contributed by atoms with Crippen LogP contribution in [-0.2, 0) is 6.54 Å². The Hall–Kier alpha value is -3.09. The molecule has 110 valence electrons. The number of carbonyl (C=O) groups excluding carboxylic acids is 1. The van der Waals surface area contributed by atoms with Gasteiger partial charge in [-0.3, -0.25) is 4.79 Å². The lowest BCUT2D eigenvalue weighted by molar-refractivity contribution is 0.0945. The van der Waals surface area contributed by atoms with Crippen molar-refractivity contribution in [1.29, 1.82) is 0 Å². The smallest absolute Gasteiger partial charge is 0.270 e. The lowest BCUT2D eigenvalue weighted by Gasteiger charge is -2.06. The fraction of sp³-hybridized carbons (Fsp3) is 0.133. The topological polar surface area (TPSA) is 85.6 Å². The summed E-state index contributed by atoms with van der Waals surface area (Å²) >= 11 is 0. The van der Waals surface area contributed by atoms with E-state index in [-0.39, 0.29) is 5.91 Å². The van der Waals surface area contributed by atoms with Crippen molar-refractivity contribution in [3.05, 3.63) is 66.1 Å². The molecule has 0 aliphatic rings. The van der Waals surface area contributed by atoms with Crippen molar-refractivity contribution in [3.63, 3.8) is 0 Å². The standard InChI is InChI=1S/C15H14N6O/c1-11-3-2-4-13(20-11)15(22)18-8-12-5-6-14(17-7-12)21-10-16-9-19-21/h2-7,9-10H,8H2,1H3,(H,18,22). The molecule has 0 aliphatic heterocycles. The molecule has 0 saturated carbocycles. The maximum Gasteiger partial charge on any atom is 0.270 e. The second-order valence-electron chi connectivity index (χ2n) is 4.71. The predicted octanol–water partition coefficient (Wildman–Crippen LogP) is 1.30. The van der Waals surface area contributed by atoms with E-state index in [0.717, 1.165) is 11.3 Å². The van der Waals surface area contributed by atoms with E-state index in [4.69, 9.17) is 0 Å². The number of hydrogen-bond donors (Lipinski definition) is 1. The third kappa shape index (κ3) is 3.14. The highest BCUT2D eigenvalue weighted by Crippen LogP contribution is 2.04. The van der Waals surface area contributed by atoms with Gasteiger partial charge in [0, 0.05) is 18.4 Å². The summed E-state index contributed by atoms with van der Waals surface area (Å²) < 4.78 is 1.57. The molecule has 3 aromatic heterocycles. The highest BCUT2D eigenvalue weighted by molar-refractivity contribution is 5.92. The second kappa shape index (κ2) is 6.13. The van der Waals surface area contributed by atoms with Gasteiger partial charge in [0.05, 0.1) is 0 Å². The molecule has 0 fully saturated rings. The SMILES string of the molecule is Cc1cccc(C(=O)NCc2ccc(-n3cncn3)nc2)n1. The van der Waals surface area contributed by atoms with Gasteiger partial charge < -0.3 is 5.32 Å². The van der Waals surface area contributed by atoms with E-state index < -0.39 is 0 Å². The van der Waals surface area contributed by atoms with Crippen LogP contribution in [0.3, 0.4) is 0 Å². The molecule has 3 aromatic rings. The van der Waals surface area contributed by atoms with E-state index in [9.17, 15) is 4.79 Å². The zero-order valence-electron chi connectivity index (χ0n) is 12.0. The first kappa shape index (κ1) is 13.9. The molecule has 0 atom stereocenters. The van der Waals surface area contributed by atoms with Crippen LogP contribution in [0.1, 0.15) is 21.7 Å². The van der Waals surface area contributed by atoms with Crippen molar-refractivity contribution in [2.75, 3.05) is 0 Å². The number of aromatic nitrogens is 5. The van der Waals surface area contributed by atoms with Crippen LogP contribution >= 0.6 is 0 Å². The molecule has 1 N–H and O–H groups in total. The molecule has 0 aromatic carbocycles. The minimum Gasteiger partial charge on any atom is -0.347 e. The fourth-order valence-corrected chi connectivity index (χ4v) is 1.93. The van der Waals surface area contributed by atoms with Crippen molar-refractivity contribution in [3.8, 4) is 5.82 Å². The van der Waals surface area contributed by atoms with Crippen molar-refractivity contribution >= 4 is 5.91 Å². The lowest BCUT2D eigenvalue weighted by atomic mass is 10.2. The van der Waals surface area contributed by atoms with Crippen LogP contribution in [0.5, 0.6) is 0 Å². The van der Waals surface area contributed by atoms with E-state index in [1.165, 1.54) is 6.33 Å². The average Bonchev–Trinajstić information content (AvgIpc) is 3.07. The first-order chi connectivity index (χ1) is 10.7. The summed E-state index contributed by atoms with van der Waals surface area (Å²) in [5.74, 6) is 0.469. The summed E-state index contributed by atoms with van der Waals surface area (Å²) in [4.78, 5) is 24.3. The molecule has 22 heavy (non-hydrogen) atoms. The molecule has 0 aliphatic carbocycles. The fourth-order valence-electron chi connectivity index (χ4n) is 1.93. The summed E-state index contributed by atoms with van der Waals surface area (Å²) in [5, 5.41) is 6.82. The number of aryl methyl sites for hydroxylation is 1. The third-order valence-electron chi connectivity index (χ3n) is 3.04. The zero-order valence-corrected chi connectivity index (χ0v) is 12.0. The Labute approximate surface area is 127 Å². The van der Waals surface area contributed by atoms with Crippen LogP contribution in [0.15, 0.2) is 49.2 Å². The summed E-state index contributed by atoms with van der Waals surface area (Å²) in [6.45, 7) is 2.24. The van der Waals surface area contributed by atoms with Crippen LogP contribution in [-0.4, -0.2) is 30.6 Å². The van der Waals surface area contributed by atoms with Gasteiger partial charge in [-0.15, -0.1) is 0 Å². The number of hydrogen-bond acceptors (Lipinski definition) is 5.